The number of hydrogen-bond donors (Lipinski definition) is 1. The Balaban J connectivity index is 0.000000175. The van der Waals surface area contributed by atoms with Crippen molar-refractivity contribution < 1.29 is 27.0 Å². The molecular formula is C16H14BrF4NO2. The zero-order valence-electron chi connectivity index (χ0n) is 12.3. The number of alkyl halides is 4. The van der Waals surface area contributed by atoms with Crippen molar-refractivity contribution in [3.63, 3.8) is 0 Å². The third-order valence-electron chi connectivity index (χ3n) is 2.88. The van der Waals surface area contributed by atoms with Crippen molar-refractivity contribution in [3.8, 4) is 11.5 Å². The third kappa shape index (κ3) is 5.02. The lowest BCUT2D eigenvalue weighted by Crippen LogP contribution is -2.33. The average molecular weight is 408 g/mol. The Morgan fingerprint density at radius 2 is 1.79 bits per heavy atom. The summed E-state index contributed by atoms with van der Waals surface area (Å²) in [6.07, 6.45) is -8.26. The molecule has 0 aromatic heterocycles. The molecule has 1 aliphatic rings. The van der Waals surface area contributed by atoms with Gasteiger partial charge in [-0.05, 0) is 40.2 Å². The first kappa shape index (κ1) is 18.4. The maximum absolute atomic E-state index is 12.3. The number of hydrogen-bond acceptors (Lipinski definition) is 3. The molecule has 0 aliphatic carbocycles. The molecule has 2 aromatic rings. The molecule has 0 atom stereocenters. The normalized spacial score (nSPS) is 13.1. The Labute approximate surface area is 144 Å². The second kappa shape index (κ2) is 8.23. The highest BCUT2D eigenvalue weighted by atomic mass is 79.9. The highest BCUT2D eigenvalue weighted by Gasteiger charge is 2.43. The van der Waals surface area contributed by atoms with Crippen molar-refractivity contribution >= 4 is 21.6 Å². The van der Waals surface area contributed by atoms with Crippen molar-refractivity contribution in [2.75, 3.05) is 18.5 Å². The summed E-state index contributed by atoms with van der Waals surface area (Å²) in [4.78, 5) is 0. The number of rotatable bonds is 3. The monoisotopic (exact) mass is 407 g/mol. The first-order valence-electron chi connectivity index (χ1n) is 6.95. The van der Waals surface area contributed by atoms with Crippen molar-refractivity contribution in [1.29, 1.82) is 0 Å². The number of halogens is 5. The molecule has 130 valence electrons. The number of ether oxygens (including phenoxy) is 2. The third-order valence-corrected chi connectivity index (χ3v) is 3.51. The largest absolute Gasteiger partial charge is 0.488 e. The quantitative estimate of drug-likeness (QED) is 0.711. The molecule has 0 spiro atoms. The van der Waals surface area contributed by atoms with E-state index in [0.717, 1.165) is 29.1 Å². The van der Waals surface area contributed by atoms with E-state index in [1.165, 1.54) is 24.3 Å². The van der Waals surface area contributed by atoms with Crippen LogP contribution in [0, 0.1) is 0 Å². The minimum absolute atomic E-state index is 0.284. The number of fused-ring (bicyclic) bond motifs is 1. The molecule has 2 aromatic carbocycles. The lowest BCUT2D eigenvalue weighted by atomic mass is 10.2. The number of para-hydroxylation sites is 2. The lowest BCUT2D eigenvalue weighted by molar-refractivity contribution is -0.253. The second-order valence-corrected chi connectivity index (χ2v) is 5.52. The predicted molar refractivity (Wildman–Crippen MR) is 86.1 cm³/mol. The molecule has 1 N–H and O–H groups in total. The van der Waals surface area contributed by atoms with Gasteiger partial charge in [0, 0.05) is 6.54 Å². The standard InChI is InChI=1S/C8H8BrNO.C8H6F4O/c9-6-2-1-3-7-8(6)11-5-4-10-7;9-7(10)8(11,12)13-6-4-2-1-3-5-6/h1-3,10H,4-5H2;1-5,7H. The van der Waals surface area contributed by atoms with Gasteiger partial charge in [-0.25, -0.2) is 0 Å². The summed E-state index contributed by atoms with van der Waals surface area (Å²) in [5.41, 5.74) is 1.07. The van der Waals surface area contributed by atoms with Crippen LogP contribution >= 0.6 is 15.9 Å². The van der Waals surface area contributed by atoms with Gasteiger partial charge in [-0.3, -0.25) is 0 Å². The molecule has 3 nitrogen and oxygen atoms in total. The van der Waals surface area contributed by atoms with E-state index in [2.05, 4.69) is 26.0 Å². The van der Waals surface area contributed by atoms with Gasteiger partial charge in [0.25, 0.3) is 0 Å². The van der Waals surface area contributed by atoms with E-state index in [1.807, 2.05) is 18.2 Å². The van der Waals surface area contributed by atoms with E-state index in [0.29, 0.717) is 0 Å². The summed E-state index contributed by atoms with van der Waals surface area (Å²) >= 11 is 3.42. The molecule has 24 heavy (non-hydrogen) atoms. The Hall–Kier alpha value is -1.96. The van der Waals surface area contributed by atoms with Crippen molar-refractivity contribution in [1.82, 2.24) is 0 Å². The van der Waals surface area contributed by atoms with Crippen LogP contribution in [0.3, 0.4) is 0 Å². The fourth-order valence-corrected chi connectivity index (χ4v) is 2.30. The molecule has 0 fully saturated rings. The summed E-state index contributed by atoms with van der Waals surface area (Å²) in [6, 6.07) is 12.7. The van der Waals surface area contributed by atoms with Gasteiger partial charge in [0.1, 0.15) is 12.4 Å². The van der Waals surface area contributed by atoms with E-state index in [9.17, 15) is 17.6 Å². The maximum Gasteiger partial charge on any atom is 0.461 e. The molecule has 3 rings (SSSR count). The molecule has 0 saturated carbocycles. The molecule has 8 heteroatoms. The lowest BCUT2D eigenvalue weighted by Gasteiger charge is -2.19. The van der Waals surface area contributed by atoms with Crippen LogP contribution in [0.2, 0.25) is 0 Å². The second-order valence-electron chi connectivity index (χ2n) is 4.67. The van der Waals surface area contributed by atoms with Crippen LogP contribution in [-0.2, 0) is 0 Å². The van der Waals surface area contributed by atoms with Crippen LogP contribution in [0.5, 0.6) is 11.5 Å². The van der Waals surface area contributed by atoms with Crippen molar-refractivity contribution in [3.05, 3.63) is 53.0 Å². The molecule has 0 saturated heterocycles. The van der Waals surface area contributed by atoms with E-state index in [4.69, 9.17) is 4.74 Å². The highest BCUT2D eigenvalue weighted by Crippen LogP contribution is 2.34. The molecule has 1 heterocycles. The van der Waals surface area contributed by atoms with Gasteiger partial charge in [-0.2, -0.15) is 17.6 Å². The van der Waals surface area contributed by atoms with E-state index >= 15 is 0 Å². The average Bonchev–Trinajstić information content (AvgIpc) is 2.56. The van der Waals surface area contributed by atoms with Crippen LogP contribution in [-0.4, -0.2) is 25.7 Å². The van der Waals surface area contributed by atoms with Crippen LogP contribution in [0.15, 0.2) is 53.0 Å². The van der Waals surface area contributed by atoms with Gasteiger partial charge < -0.3 is 14.8 Å². The van der Waals surface area contributed by atoms with E-state index < -0.39 is 12.5 Å². The first-order valence-corrected chi connectivity index (χ1v) is 7.74. The summed E-state index contributed by atoms with van der Waals surface area (Å²) in [5.74, 6) is 0.645. The maximum atomic E-state index is 12.3. The Kier molecular flexibility index (Phi) is 6.30. The zero-order chi connectivity index (χ0) is 17.6. The van der Waals surface area contributed by atoms with Gasteiger partial charge in [-0.1, -0.05) is 24.3 Å². The van der Waals surface area contributed by atoms with Gasteiger partial charge in [-0.15, -0.1) is 0 Å². The van der Waals surface area contributed by atoms with Gasteiger partial charge in [0.15, 0.2) is 5.75 Å². The van der Waals surface area contributed by atoms with Crippen LogP contribution in [0.25, 0.3) is 0 Å². The van der Waals surface area contributed by atoms with Crippen LogP contribution in [0.1, 0.15) is 0 Å². The molecule has 0 amide bonds. The van der Waals surface area contributed by atoms with Crippen LogP contribution in [0.4, 0.5) is 23.2 Å². The summed E-state index contributed by atoms with van der Waals surface area (Å²) in [7, 11) is 0. The molecule has 1 aliphatic heterocycles. The summed E-state index contributed by atoms with van der Waals surface area (Å²) < 4.78 is 58.0. The summed E-state index contributed by atoms with van der Waals surface area (Å²) in [5, 5.41) is 3.25. The van der Waals surface area contributed by atoms with Gasteiger partial charge >= 0.3 is 12.5 Å². The minimum atomic E-state index is -4.43. The van der Waals surface area contributed by atoms with Crippen molar-refractivity contribution in [2.45, 2.75) is 12.5 Å². The first-order chi connectivity index (χ1) is 11.4. The summed E-state index contributed by atoms with van der Waals surface area (Å²) in [6.45, 7) is 1.64. The van der Waals surface area contributed by atoms with Gasteiger partial charge in [0.2, 0.25) is 0 Å². The molecule has 0 radical (unpaired) electrons. The van der Waals surface area contributed by atoms with E-state index in [1.54, 1.807) is 6.07 Å². The fourth-order valence-electron chi connectivity index (χ4n) is 1.82. The van der Waals surface area contributed by atoms with E-state index in [-0.39, 0.29) is 5.75 Å². The Morgan fingerprint density at radius 3 is 2.42 bits per heavy atom. The number of benzene rings is 2. The topological polar surface area (TPSA) is 30.5 Å². The van der Waals surface area contributed by atoms with Crippen LogP contribution < -0.4 is 14.8 Å². The van der Waals surface area contributed by atoms with Gasteiger partial charge in [0.05, 0.1) is 10.2 Å². The smallest absolute Gasteiger partial charge is 0.461 e. The Morgan fingerprint density at radius 1 is 1.08 bits per heavy atom. The highest BCUT2D eigenvalue weighted by molar-refractivity contribution is 9.10. The van der Waals surface area contributed by atoms with Crippen molar-refractivity contribution in [2.24, 2.45) is 0 Å². The zero-order valence-corrected chi connectivity index (χ0v) is 13.9. The number of nitrogens with one attached hydrogen (secondary N) is 1. The molecular weight excluding hydrogens is 394 g/mol. The predicted octanol–water partition coefficient (Wildman–Crippen LogP) is 5.18. The number of anilines is 1. The molecule has 0 unspecified atom stereocenters. The Bertz CT molecular complexity index is 656. The SMILES string of the molecule is Brc1cccc2c1OCCN2.FC(F)C(F)(F)Oc1ccccc1. The molecule has 0 bridgehead atoms. The fraction of sp³-hybridized carbons (Fsp3) is 0.250. The minimum Gasteiger partial charge on any atom is -0.488 e.